The Hall–Kier alpha value is -2.02. The molecule has 19 heavy (non-hydrogen) atoms. The Morgan fingerprint density at radius 3 is 2.58 bits per heavy atom. The number of carbonyl (C=O) groups is 1. The van der Waals surface area contributed by atoms with Crippen LogP contribution in [0.5, 0.6) is 0 Å². The average molecular weight is 284 g/mol. The first-order chi connectivity index (χ1) is 9.08. The molecular weight excluding hydrogens is 274 g/mol. The Kier molecular flexibility index (Phi) is 4.06. The number of nitrogens with zero attached hydrogens (tertiary/aromatic N) is 1. The number of halogens is 2. The van der Waals surface area contributed by atoms with Crippen molar-refractivity contribution in [2.45, 2.75) is 6.42 Å². The van der Waals surface area contributed by atoms with Gasteiger partial charge in [-0.3, -0.25) is 0 Å². The van der Waals surface area contributed by atoms with E-state index in [9.17, 15) is 13.6 Å². The number of aromatic nitrogens is 1. The lowest BCUT2D eigenvalue weighted by Crippen LogP contribution is -2.09. The Morgan fingerprint density at radius 2 is 2.05 bits per heavy atom. The summed E-state index contributed by atoms with van der Waals surface area (Å²) in [5, 5.41) is 13.9. The van der Waals surface area contributed by atoms with Crippen molar-refractivity contribution in [3.8, 4) is 0 Å². The van der Waals surface area contributed by atoms with E-state index in [0.29, 0.717) is 13.0 Å². The SMILES string of the molecule is O=C(O)c1cc(F)c(NCCc2nccs2)c(F)c1. The highest BCUT2D eigenvalue weighted by atomic mass is 32.1. The van der Waals surface area contributed by atoms with E-state index >= 15 is 0 Å². The molecule has 4 nitrogen and oxygen atoms in total. The fourth-order valence-corrected chi connectivity index (χ4v) is 2.16. The van der Waals surface area contributed by atoms with Crippen LogP contribution in [-0.4, -0.2) is 22.6 Å². The summed E-state index contributed by atoms with van der Waals surface area (Å²) in [6.07, 6.45) is 2.19. The zero-order chi connectivity index (χ0) is 13.8. The number of nitrogens with one attached hydrogen (secondary N) is 1. The molecule has 1 aromatic heterocycles. The van der Waals surface area contributed by atoms with Crippen molar-refractivity contribution in [3.63, 3.8) is 0 Å². The first-order valence-corrected chi connectivity index (χ1v) is 6.30. The van der Waals surface area contributed by atoms with Crippen LogP contribution in [0.25, 0.3) is 0 Å². The Labute approximate surface area is 111 Å². The predicted octanol–water partition coefficient (Wildman–Crippen LogP) is 2.77. The van der Waals surface area contributed by atoms with E-state index < -0.39 is 23.2 Å². The number of anilines is 1. The van der Waals surface area contributed by atoms with Crippen molar-refractivity contribution in [1.29, 1.82) is 0 Å². The second-order valence-electron chi connectivity index (χ2n) is 3.72. The Balaban J connectivity index is 2.06. The van der Waals surface area contributed by atoms with Crippen LogP contribution in [0.3, 0.4) is 0 Å². The van der Waals surface area contributed by atoms with Gasteiger partial charge in [0.1, 0.15) is 17.3 Å². The number of carboxylic acid groups (broad SMARTS) is 1. The van der Waals surface area contributed by atoms with Crippen LogP contribution in [-0.2, 0) is 6.42 Å². The normalized spacial score (nSPS) is 10.4. The van der Waals surface area contributed by atoms with Crippen LogP contribution < -0.4 is 5.32 Å². The summed E-state index contributed by atoms with van der Waals surface area (Å²) in [6, 6.07) is 1.58. The van der Waals surface area contributed by atoms with Gasteiger partial charge >= 0.3 is 5.97 Å². The Bertz CT molecular complexity index is 564. The molecule has 0 amide bonds. The standard InChI is InChI=1S/C12H10F2N2O2S/c13-8-5-7(12(17)18)6-9(14)11(8)16-2-1-10-15-3-4-19-10/h3-6,16H,1-2H2,(H,17,18). The van der Waals surface area contributed by atoms with Gasteiger partial charge in [0, 0.05) is 24.5 Å². The summed E-state index contributed by atoms with van der Waals surface area (Å²) in [5.41, 5.74) is -0.734. The number of rotatable bonds is 5. The van der Waals surface area contributed by atoms with Crippen LogP contribution in [0.2, 0.25) is 0 Å². The van der Waals surface area contributed by atoms with Crippen molar-refractivity contribution >= 4 is 23.0 Å². The molecule has 0 aliphatic rings. The number of benzene rings is 1. The van der Waals surface area contributed by atoms with Gasteiger partial charge in [0.2, 0.25) is 0 Å². The van der Waals surface area contributed by atoms with Crippen molar-refractivity contribution in [1.82, 2.24) is 4.98 Å². The van der Waals surface area contributed by atoms with Crippen LogP contribution in [0.1, 0.15) is 15.4 Å². The zero-order valence-corrected chi connectivity index (χ0v) is 10.5. The molecular formula is C12H10F2N2O2S. The molecule has 0 atom stereocenters. The van der Waals surface area contributed by atoms with Gasteiger partial charge in [-0.15, -0.1) is 11.3 Å². The molecule has 100 valence electrons. The smallest absolute Gasteiger partial charge is 0.335 e. The molecule has 7 heteroatoms. The van der Waals surface area contributed by atoms with E-state index in [-0.39, 0.29) is 5.69 Å². The van der Waals surface area contributed by atoms with Crippen LogP contribution in [0, 0.1) is 11.6 Å². The van der Waals surface area contributed by atoms with Crippen LogP contribution in [0.4, 0.5) is 14.5 Å². The van der Waals surface area contributed by atoms with Gasteiger partial charge in [-0.2, -0.15) is 0 Å². The molecule has 0 radical (unpaired) electrons. The second kappa shape index (κ2) is 5.75. The summed E-state index contributed by atoms with van der Waals surface area (Å²) >= 11 is 1.46. The predicted molar refractivity (Wildman–Crippen MR) is 67.6 cm³/mol. The fraction of sp³-hybridized carbons (Fsp3) is 0.167. The van der Waals surface area contributed by atoms with Gasteiger partial charge < -0.3 is 10.4 Å². The molecule has 0 saturated carbocycles. The topological polar surface area (TPSA) is 62.2 Å². The molecule has 0 aliphatic carbocycles. The molecule has 0 unspecified atom stereocenters. The molecule has 2 N–H and O–H groups in total. The third-order valence-electron chi connectivity index (χ3n) is 2.41. The third kappa shape index (κ3) is 3.25. The monoisotopic (exact) mass is 284 g/mol. The number of aromatic carboxylic acids is 1. The van der Waals surface area contributed by atoms with Crippen molar-refractivity contribution in [2.24, 2.45) is 0 Å². The molecule has 1 heterocycles. The first kappa shape index (κ1) is 13.4. The summed E-state index contributed by atoms with van der Waals surface area (Å²) in [7, 11) is 0. The van der Waals surface area contributed by atoms with Crippen molar-refractivity contribution in [3.05, 3.63) is 45.9 Å². The number of thiazole rings is 1. The highest BCUT2D eigenvalue weighted by Crippen LogP contribution is 2.21. The lowest BCUT2D eigenvalue weighted by molar-refractivity contribution is 0.0696. The number of carboxylic acids is 1. The lowest BCUT2D eigenvalue weighted by Gasteiger charge is -2.08. The molecule has 0 fully saturated rings. The fourth-order valence-electron chi connectivity index (χ4n) is 1.54. The number of hydrogen-bond donors (Lipinski definition) is 2. The van der Waals surface area contributed by atoms with Crippen molar-refractivity contribution < 1.29 is 18.7 Å². The van der Waals surface area contributed by atoms with E-state index in [0.717, 1.165) is 17.1 Å². The van der Waals surface area contributed by atoms with E-state index in [4.69, 9.17) is 5.11 Å². The molecule has 1 aromatic carbocycles. The molecule has 2 aromatic rings. The summed E-state index contributed by atoms with van der Waals surface area (Å²) < 4.78 is 27.1. The van der Waals surface area contributed by atoms with E-state index in [1.165, 1.54) is 11.3 Å². The van der Waals surface area contributed by atoms with Crippen molar-refractivity contribution in [2.75, 3.05) is 11.9 Å². The summed E-state index contributed by atoms with van der Waals surface area (Å²) in [5.74, 6) is -3.21. The minimum absolute atomic E-state index is 0.313. The minimum Gasteiger partial charge on any atom is -0.478 e. The van der Waals surface area contributed by atoms with Gasteiger partial charge in [0.05, 0.1) is 10.6 Å². The summed E-state index contributed by atoms with van der Waals surface area (Å²) in [6.45, 7) is 0.313. The second-order valence-corrected chi connectivity index (χ2v) is 4.70. The largest absolute Gasteiger partial charge is 0.478 e. The number of hydrogen-bond acceptors (Lipinski definition) is 4. The molecule has 2 rings (SSSR count). The van der Waals surface area contributed by atoms with Gasteiger partial charge in [-0.05, 0) is 12.1 Å². The maximum absolute atomic E-state index is 13.6. The van der Waals surface area contributed by atoms with Crippen LogP contribution >= 0.6 is 11.3 Å². The van der Waals surface area contributed by atoms with E-state index in [2.05, 4.69) is 10.3 Å². The highest BCUT2D eigenvalue weighted by Gasteiger charge is 2.14. The maximum atomic E-state index is 13.6. The Morgan fingerprint density at radius 1 is 1.37 bits per heavy atom. The quantitative estimate of drug-likeness (QED) is 0.886. The molecule has 0 bridgehead atoms. The molecule has 0 saturated heterocycles. The van der Waals surface area contributed by atoms with Gasteiger partial charge in [-0.1, -0.05) is 0 Å². The van der Waals surface area contributed by atoms with E-state index in [1.54, 1.807) is 6.20 Å². The average Bonchev–Trinajstić information content (AvgIpc) is 2.85. The van der Waals surface area contributed by atoms with Gasteiger partial charge in [-0.25, -0.2) is 18.6 Å². The minimum atomic E-state index is -1.37. The lowest BCUT2D eigenvalue weighted by atomic mass is 10.2. The highest BCUT2D eigenvalue weighted by molar-refractivity contribution is 7.09. The first-order valence-electron chi connectivity index (χ1n) is 5.42. The third-order valence-corrected chi connectivity index (χ3v) is 3.25. The van der Waals surface area contributed by atoms with Crippen LogP contribution in [0.15, 0.2) is 23.7 Å². The molecule has 0 spiro atoms. The zero-order valence-electron chi connectivity index (χ0n) is 9.69. The maximum Gasteiger partial charge on any atom is 0.335 e. The van der Waals surface area contributed by atoms with Gasteiger partial charge in [0.15, 0.2) is 0 Å². The summed E-state index contributed by atoms with van der Waals surface area (Å²) in [4.78, 5) is 14.7. The van der Waals surface area contributed by atoms with Gasteiger partial charge in [0.25, 0.3) is 0 Å². The van der Waals surface area contributed by atoms with E-state index in [1.807, 2.05) is 5.38 Å². The molecule has 0 aliphatic heterocycles.